The van der Waals surface area contributed by atoms with Gasteiger partial charge in [-0.3, -0.25) is 14.9 Å². The van der Waals surface area contributed by atoms with Crippen LogP contribution in [0.2, 0.25) is 5.02 Å². The molecule has 0 atom stereocenters. The number of hydrogen-bond donors (Lipinski definition) is 2. The van der Waals surface area contributed by atoms with Gasteiger partial charge in [-0.1, -0.05) is 60.1 Å². The first kappa shape index (κ1) is 22.0. The van der Waals surface area contributed by atoms with Crippen molar-refractivity contribution in [2.75, 3.05) is 25.0 Å². The molecule has 5 rings (SSSR count). The molecular weight excluding hydrogens is 456 g/mol. The molecule has 1 saturated heterocycles. The van der Waals surface area contributed by atoms with E-state index in [1.807, 2.05) is 36.4 Å². The molecule has 7 nitrogen and oxygen atoms in total. The number of rotatable bonds is 5. The summed E-state index contributed by atoms with van der Waals surface area (Å²) in [6.45, 7) is 0.519. The van der Waals surface area contributed by atoms with E-state index < -0.39 is 18.0 Å². The monoisotopic (exact) mass is 476 g/mol. The van der Waals surface area contributed by atoms with Gasteiger partial charge in [0.1, 0.15) is 6.61 Å². The summed E-state index contributed by atoms with van der Waals surface area (Å²) in [5, 5.41) is 11.8. The molecule has 1 heterocycles. The molecule has 1 aliphatic heterocycles. The van der Waals surface area contributed by atoms with Crippen LogP contribution < -0.4 is 5.32 Å². The molecule has 0 unspecified atom stereocenters. The zero-order valence-electron chi connectivity index (χ0n) is 18.0. The predicted molar refractivity (Wildman–Crippen MR) is 127 cm³/mol. The number of carbonyl (C=O) groups is 3. The van der Waals surface area contributed by atoms with Crippen LogP contribution in [-0.2, 0) is 9.53 Å². The van der Waals surface area contributed by atoms with Gasteiger partial charge >= 0.3 is 12.1 Å². The summed E-state index contributed by atoms with van der Waals surface area (Å²) in [5.41, 5.74) is 5.18. The van der Waals surface area contributed by atoms with Crippen LogP contribution in [0.1, 0.15) is 27.4 Å². The summed E-state index contributed by atoms with van der Waals surface area (Å²) in [6, 6.07) is 20.7. The minimum atomic E-state index is -0.912. The molecule has 8 heteroatoms. The number of benzene rings is 3. The zero-order valence-corrected chi connectivity index (χ0v) is 18.8. The van der Waals surface area contributed by atoms with Crippen molar-refractivity contribution in [2.24, 2.45) is 5.92 Å². The number of nitrogens with zero attached hydrogens (tertiary/aromatic N) is 1. The number of halogens is 1. The van der Waals surface area contributed by atoms with E-state index in [0.717, 1.165) is 22.3 Å². The van der Waals surface area contributed by atoms with E-state index in [1.165, 1.54) is 17.0 Å². The van der Waals surface area contributed by atoms with Gasteiger partial charge in [-0.15, -0.1) is 0 Å². The summed E-state index contributed by atoms with van der Waals surface area (Å²) in [7, 11) is 0. The van der Waals surface area contributed by atoms with Gasteiger partial charge in [0, 0.05) is 24.6 Å². The Bertz CT molecular complexity index is 1260. The fraction of sp³-hybridized carbons (Fsp3) is 0.192. The number of nitrogens with one attached hydrogen (secondary N) is 1. The molecule has 3 aromatic carbocycles. The first-order valence-electron chi connectivity index (χ1n) is 10.9. The smallest absolute Gasteiger partial charge is 0.411 e. The summed E-state index contributed by atoms with van der Waals surface area (Å²) in [5.74, 6) is -1.80. The molecule has 34 heavy (non-hydrogen) atoms. The number of aliphatic carboxylic acids is 1. The van der Waals surface area contributed by atoms with E-state index in [2.05, 4.69) is 17.4 Å². The largest absolute Gasteiger partial charge is 0.481 e. The van der Waals surface area contributed by atoms with Crippen molar-refractivity contribution in [1.29, 1.82) is 0 Å². The van der Waals surface area contributed by atoms with E-state index in [9.17, 15) is 14.4 Å². The van der Waals surface area contributed by atoms with E-state index in [0.29, 0.717) is 11.3 Å². The third kappa shape index (κ3) is 3.99. The fourth-order valence-electron chi connectivity index (χ4n) is 4.48. The lowest BCUT2D eigenvalue weighted by atomic mass is 9.98. The normalized spacial score (nSPS) is 14.7. The van der Waals surface area contributed by atoms with Crippen LogP contribution in [0.25, 0.3) is 11.1 Å². The zero-order chi connectivity index (χ0) is 23.8. The van der Waals surface area contributed by atoms with Gasteiger partial charge in [-0.25, -0.2) is 4.79 Å². The Balaban J connectivity index is 1.22. The van der Waals surface area contributed by atoms with Crippen LogP contribution in [0.5, 0.6) is 0 Å². The Morgan fingerprint density at radius 3 is 2.18 bits per heavy atom. The van der Waals surface area contributed by atoms with Crippen molar-refractivity contribution < 1.29 is 24.2 Å². The lowest BCUT2D eigenvalue weighted by Gasteiger charge is -2.36. The van der Waals surface area contributed by atoms with Crippen LogP contribution in [0.3, 0.4) is 0 Å². The first-order chi connectivity index (χ1) is 16.4. The summed E-state index contributed by atoms with van der Waals surface area (Å²) >= 11 is 6.29. The quantitative estimate of drug-likeness (QED) is 0.548. The molecule has 2 N–H and O–H groups in total. The van der Waals surface area contributed by atoms with E-state index in [4.69, 9.17) is 21.4 Å². The Hall–Kier alpha value is -3.84. The maximum atomic E-state index is 12.5. The number of carbonyl (C=O) groups excluding carboxylic acids is 2. The van der Waals surface area contributed by atoms with E-state index in [1.54, 1.807) is 6.07 Å². The molecule has 2 amide bonds. The van der Waals surface area contributed by atoms with Crippen LogP contribution in [0.4, 0.5) is 10.5 Å². The predicted octanol–water partition coefficient (Wildman–Crippen LogP) is 4.86. The third-order valence-corrected chi connectivity index (χ3v) is 6.63. The molecule has 1 fully saturated rings. The van der Waals surface area contributed by atoms with Gasteiger partial charge < -0.3 is 14.7 Å². The molecule has 0 spiro atoms. The highest BCUT2D eigenvalue weighted by Gasteiger charge is 2.36. The topological polar surface area (TPSA) is 95.9 Å². The molecule has 0 bridgehead atoms. The molecule has 3 aromatic rings. The summed E-state index contributed by atoms with van der Waals surface area (Å²) < 4.78 is 5.54. The van der Waals surface area contributed by atoms with Gasteiger partial charge in [0.05, 0.1) is 16.6 Å². The number of amides is 2. The minimum absolute atomic E-state index is 0.0558. The molecule has 0 saturated carbocycles. The van der Waals surface area contributed by atoms with E-state index >= 15 is 0 Å². The number of likely N-dealkylation sites (tertiary alicyclic amines) is 1. The second-order valence-electron chi connectivity index (χ2n) is 8.39. The molecule has 1 aliphatic carbocycles. The molecular formula is C26H21ClN2O5. The average Bonchev–Trinajstić information content (AvgIpc) is 3.11. The highest BCUT2D eigenvalue weighted by atomic mass is 35.5. The average molecular weight is 477 g/mol. The van der Waals surface area contributed by atoms with Gasteiger partial charge in [0.2, 0.25) is 0 Å². The highest BCUT2D eigenvalue weighted by Crippen LogP contribution is 2.44. The number of carboxylic acids is 1. The minimum Gasteiger partial charge on any atom is -0.481 e. The Labute approximate surface area is 200 Å². The number of ether oxygens (including phenoxy) is 1. The molecule has 0 radical (unpaired) electrons. The van der Waals surface area contributed by atoms with Gasteiger partial charge in [0.25, 0.3) is 5.91 Å². The molecule has 172 valence electrons. The fourth-order valence-corrected chi connectivity index (χ4v) is 4.70. The van der Waals surface area contributed by atoms with Gasteiger partial charge in [0.15, 0.2) is 0 Å². The Kier molecular flexibility index (Phi) is 5.71. The number of fused-ring (bicyclic) bond motifs is 3. The number of carboxylic acid groups (broad SMARTS) is 1. The maximum Gasteiger partial charge on any atom is 0.411 e. The molecule has 0 aromatic heterocycles. The Morgan fingerprint density at radius 1 is 0.971 bits per heavy atom. The number of hydrogen-bond acceptors (Lipinski definition) is 4. The lowest BCUT2D eigenvalue weighted by Crippen LogP contribution is -2.53. The molecule has 2 aliphatic rings. The second-order valence-corrected chi connectivity index (χ2v) is 8.80. The highest BCUT2D eigenvalue weighted by molar-refractivity contribution is 6.34. The van der Waals surface area contributed by atoms with Crippen LogP contribution in [-0.4, -0.2) is 47.7 Å². The summed E-state index contributed by atoms with van der Waals surface area (Å²) in [6.07, 6.45) is -0.644. The van der Waals surface area contributed by atoms with Crippen molar-refractivity contribution in [1.82, 2.24) is 4.90 Å². The standard InChI is InChI=1S/C26H21ClN2O5/c27-22-11-15(24(30)29-12-16(13-29)25(31)32)9-10-23(22)28-26(33)34-14-21-19-7-3-1-5-17(19)18-6-2-4-8-20(18)21/h1-11,16,21H,12-14H2,(H,28,33)(H,31,32). The van der Waals surface area contributed by atoms with E-state index in [-0.39, 0.29) is 36.5 Å². The van der Waals surface area contributed by atoms with Crippen molar-refractivity contribution in [3.63, 3.8) is 0 Å². The third-order valence-electron chi connectivity index (χ3n) is 6.31. The lowest BCUT2D eigenvalue weighted by molar-refractivity contribution is -0.146. The van der Waals surface area contributed by atoms with Crippen molar-refractivity contribution in [3.05, 3.63) is 88.4 Å². The Morgan fingerprint density at radius 2 is 1.59 bits per heavy atom. The van der Waals surface area contributed by atoms with Gasteiger partial charge in [-0.2, -0.15) is 0 Å². The van der Waals surface area contributed by atoms with Crippen molar-refractivity contribution in [3.8, 4) is 11.1 Å². The SMILES string of the molecule is O=C(Nc1ccc(C(=O)N2CC(C(=O)O)C2)cc1Cl)OCC1c2ccccc2-c2ccccc21. The van der Waals surface area contributed by atoms with Crippen molar-refractivity contribution in [2.45, 2.75) is 5.92 Å². The van der Waals surface area contributed by atoms with Crippen LogP contribution >= 0.6 is 11.6 Å². The number of anilines is 1. The first-order valence-corrected chi connectivity index (χ1v) is 11.2. The summed E-state index contributed by atoms with van der Waals surface area (Å²) in [4.78, 5) is 37.4. The maximum absolute atomic E-state index is 12.5. The second kappa shape index (κ2) is 8.83. The van der Waals surface area contributed by atoms with Crippen molar-refractivity contribution >= 4 is 35.3 Å². The van der Waals surface area contributed by atoms with Crippen LogP contribution in [0, 0.1) is 5.92 Å². The van der Waals surface area contributed by atoms with Crippen LogP contribution in [0.15, 0.2) is 66.7 Å². The van der Waals surface area contributed by atoms with Gasteiger partial charge in [-0.05, 0) is 40.5 Å².